The zero-order chi connectivity index (χ0) is 16.8. The van der Waals surface area contributed by atoms with Crippen molar-refractivity contribution in [2.45, 2.75) is 20.0 Å². The Morgan fingerprint density at radius 2 is 1.92 bits per heavy atom. The predicted molar refractivity (Wildman–Crippen MR) is 90.4 cm³/mol. The van der Waals surface area contributed by atoms with Gasteiger partial charge in [-0.15, -0.1) is 0 Å². The first-order chi connectivity index (χ1) is 11.7. The van der Waals surface area contributed by atoms with Crippen LogP contribution in [-0.4, -0.2) is 15.9 Å². The zero-order valence-corrected chi connectivity index (χ0v) is 13.3. The van der Waals surface area contributed by atoms with E-state index in [1.807, 2.05) is 42.5 Å². The van der Waals surface area contributed by atoms with Crippen molar-refractivity contribution in [3.05, 3.63) is 77.6 Å². The Morgan fingerprint density at radius 1 is 1.08 bits per heavy atom. The van der Waals surface area contributed by atoms with Crippen LogP contribution in [0.25, 0.3) is 0 Å². The summed E-state index contributed by atoms with van der Waals surface area (Å²) in [4.78, 5) is 20.8. The van der Waals surface area contributed by atoms with Crippen LogP contribution in [0.3, 0.4) is 0 Å². The number of aromatic nitrogens is 2. The topological polar surface area (TPSA) is 80.0 Å². The van der Waals surface area contributed by atoms with E-state index in [1.165, 1.54) is 0 Å². The molecule has 0 aliphatic carbocycles. The number of carbonyl (C=O) groups excluding carboxylic acids is 1. The van der Waals surface area contributed by atoms with Gasteiger partial charge < -0.3 is 15.1 Å². The van der Waals surface area contributed by atoms with Crippen LogP contribution >= 0.6 is 0 Å². The molecule has 0 fully saturated rings. The van der Waals surface area contributed by atoms with E-state index >= 15 is 0 Å². The Morgan fingerprint density at radius 3 is 2.67 bits per heavy atom. The molecule has 6 nitrogen and oxygen atoms in total. The van der Waals surface area contributed by atoms with Crippen LogP contribution in [-0.2, 0) is 13.1 Å². The minimum atomic E-state index is -0.231. The lowest BCUT2D eigenvalue weighted by molar-refractivity contribution is 0.0945. The molecule has 0 saturated heterocycles. The van der Waals surface area contributed by atoms with Crippen molar-refractivity contribution < 1.29 is 9.21 Å². The van der Waals surface area contributed by atoms with Crippen molar-refractivity contribution in [3.63, 3.8) is 0 Å². The number of amides is 1. The Kier molecular flexibility index (Phi) is 4.86. The van der Waals surface area contributed by atoms with Crippen molar-refractivity contribution in [3.8, 4) is 0 Å². The summed E-state index contributed by atoms with van der Waals surface area (Å²) in [5.41, 5.74) is 1.37. The van der Waals surface area contributed by atoms with Crippen molar-refractivity contribution in [2.75, 3.05) is 5.32 Å². The molecule has 0 unspecified atom stereocenters. The van der Waals surface area contributed by atoms with Crippen molar-refractivity contribution in [1.29, 1.82) is 0 Å². The normalized spacial score (nSPS) is 10.4. The van der Waals surface area contributed by atoms with E-state index in [0.717, 1.165) is 11.3 Å². The number of aryl methyl sites for hydroxylation is 1. The molecule has 0 radical (unpaired) electrons. The highest BCUT2D eigenvalue weighted by molar-refractivity contribution is 5.92. The number of benzene rings is 1. The van der Waals surface area contributed by atoms with E-state index in [-0.39, 0.29) is 5.91 Å². The van der Waals surface area contributed by atoms with Gasteiger partial charge in [0.1, 0.15) is 23.1 Å². The lowest BCUT2D eigenvalue weighted by atomic mass is 10.2. The Hall–Kier alpha value is -3.15. The number of anilines is 1. The third kappa shape index (κ3) is 4.19. The average Bonchev–Trinajstić information content (AvgIpc) is 3.12. The van der Waals surface area contributed by atoms with Gasteiger partial charge in [0, 0.05) is 12.6 Å². The molecule has 2 N–H and O–H groups in total. The molecule has 0 spiro atoms. The molecule has 1 aromatic carbocycles. The summed E-state index contributed by atoms with van der Waals surface area (Å²) in [5, 5.41) is 6.00. The van der Waals surface area contributed by atoms with Crippen LogP contribution < -0.4 is 10.6 Å². The second-order valence-corrected chi connectivity index (χ2v) is 5.29. The van der Waals surface area contributed by atoms with Crippen molar-refractivity contribution >= 4 is 11.7 Å². The summed E-state index contributed by atoms with van der Waals surface area (Å²) in [7, 11) is 0. The van der Waals surface area contributed by atoms with Crippen LogP contribution in [0.15, 0.2) is 59.2 Å². The standard InChI is InChI=1S/C18H18N4O2/c1-13-21-16(18(23)20-11-14-6-3-2-4-7-14)10-17(22-13)19-12-15-8-5-9-24-15/h2-10H,11-12H2,1H3,(H,20,23)(H,19,21,22). The van der Waals surface area contributed by atoms with Gasteiger partial charge in [-0.25, -0.2) is 9.97 Å². The summed E-state index contributed by atoms with van der Waals surface area (Å²) in [6, 6.07) is 15.1. The lowest BCUT2D eigenvalue weighted by Gasteiger charge is -2.08. The summed E-state index contributed by atoms with van der Waals surface area (Å²) in [6.45, 7) is 2.71. The summed E-state index contributed by atoms with van der Waals surface area (Å²) in [5.74, 6) is 1.68. The first-order valence-corrected chi connectivity index (χ1v) is 7.65. The third-order valence-corrected chi connectivity index (χ3v) is 3.39. The molecule has 24 heavy (non-hydrogen) atoms. The molecule has 6 heteroatoms. The Bertz CT molecular complexity index is 801. The smallest absolute Gasteiger partial charge is 0.270 e. The molecule has 3 aromatic rings. The predicted octanol–water partition coefficient (Wildman–Crippen LogP) is 2.92. The number of hydrogen-bond donors (Lipinski definition) is 2. The molecule has 2 heterocycles. The van der Waals surface area contributed by atoms with Crippen LogP contribution in [0.4, 0.5) is 5.82 Å². The van der Waals surface area contributed by atoms with Gasteiger partial charge in [-0.3, -0.25) is 4.79 Å². The van der Waals surface area contributed by atoms with Crippen molar-refractivity contribution in [1.82, 2.24) is 15.3 Å². The van der Waals surface area contributed by atoms with E-state index in [9.17, 15) is 4.79 Å². The Balaban J connectivity index is 1.65. The average molecular weight is 322 g/mol. The maximum Gasteiger partial charge on any atom is 0.270 e. The number of nitrogens with one attached hydrogen (secondary N) is 2. The van der Waals surface area contributed by atoms with Crippen LogP contribution in [0.2, 0.25) is 0 Å². The van der Waals surface area contributed by atoms with Crippen LogP contribution in [0.1, 0.15) is 27.6 Å². The molecule has 1 amide bonds. The number of carbonyl (C=O) groups is 1. The van der Waals surface area contributed by atoms with E-state index in [2.05, 4.69) is 20.6 Å². The maximum atomic E-state index is 12.3. The second-order valence-electron chi connectivity index (χ2n) is 5.29. The highest BCUT2D eigenvalue weighted by Crippen LogP contribution is 2.10. The molecule has 2 aromatic heterocycles. The first kappa shape index (κ1) is 15.7. The fraction of sp³-hybridized carbons (Fsp3) is 0.167. The maximum absolute atomic E-state index is 12.3. The minimum absolute atomic E-state index is 0.231. The number of rotatable bonds is 6. The fourth-order valence-electron chi connectivity index (χ4n) is 2.23. The van der Waals surface area contributed by atoms with Gasteiger partial charge in [0.25, 0.3) is 5.91 Å². The zero-order valence-electron chi connectivity index (χ0n) is 13.3. The van der Waals surface area contributed by atoms with Crippen LogP contribution in [0.5, 0.6) is 0 Å². The van der Waals surface area contributed by atoms with Gasteiger partial charge in [-0.1, -0.05) is 30.3 Å². The summed E-state index contributed by atoms with van der Waals surface area (Å²) in [6.07, 6.45) is 1.62. The highest BCUT2D eigenvalue weighted by Gasteiger charge is 2.10. The first-order valence-electron chi connectivity index (χ1n) is 7.65. The Labute approximate surface area is 140 Å². The summed E-state index contributed by atoms with van der Waals surface area (Å²) < 4.78 is 5.27. The molecular weight excluding hydrogens is 304 g/mol. The lowest BCUT2D eigenvalue weighted by Crippen LogP contribution is -2.24. The second kappa shape index (κ2) is 7.41. The van der Waals surface area contributed by atoms with Gasteiger partial charge in [0.15, 0.2) is 0 Å². The quantitative estimate of drug-likeness (QED) is 0.729. The van der Waals surface area contributed by atoms with E-state index in [0.29, 0.717) is 30.4 Å². The molecule has 0 aliphatic heterocycles. The monoisotopic (exact) mass is 322 g/mol. The highest BCUT2D eigenvalue weighted by atomic mass is 16.3. The number of nitrogens with zero attached hydrogens (tertiary/aromatic N) is 2. The van der Waals surface area contributed by atoms with Gasteiger partial charge >= 0.3 is 0 Å². The van der Waals surface area contributed by atoms with Gasteiger partial charge in [0.2, 0.25) is 0 Å². The third-order valence-electron chi connectivity index (χ3n) is 3.39. The molecule has 0 bridgehead atoms. The van der Waals surface area contributed by atoms with Crippen LogP contribution in [0, 0.1) is 6.92 Å². The van der Waals surface area contributed by atoms with Gasteiger partial charge in [-0.05, 0) is 24.6 Å². The number of hydrogen-bond acceptors (Lipinski definition) is 5. The summed E-state index contributed by atoms with van der Waals surface area (Å²) >= 11 is 0. The molecular formula is C18H18N4O2. The fourth-order valence-corrected chi connectivity index (χ4v) is 2.23. The van der Waals surface area contributed by atoms with Gasteiger partial charge in [-0.2, -0.15) is 0 Å². The molecule has 0 atom stereocenters. The van der Waals surface area contributed by atoms with Crippen molar-refractivity contribution in [2.24, 2.45) is 0 Å². The molecule has 0 aliphatic rings. The molecule has 0 saturated carbocycles. The SMILES string of the molecule is Cc1nc(NCc2ccco2)cc(C(=O)NCc2ccccc2)n1. The van der Waals surface area contributed by atoms with E-state index in [1.54, 1.807) is 19.3 Å². The van der Waals surface area contributed by atoms with E-state index in [4.69, 9.17) is 4.42 Å². The van der Waals surface area contributed by atoms with E-state index < -0.39 is 0 Å². The minimum Gasteiger partial charge on any atom is -0.467 e. The molecule has 3 rings (SSSR count). The van der Waals surface area contributed by atoms with Gasteiger partial charge in [0.05, 0.1) is 12.8 Å². The largest absolute Gasteiger partial charge is 0.467 e. The number of furan rings is 1. The molecule has 122 valence electrons.